The molecule has 0 aliphatic carbocycles. The van der Waals surface area contributed by atoms with Crippen LogP contribution < -0.4 is 5.32 Å². The maximum absolute atomic E-state index is 12.3. The van der Waals surface area contributed by atoms with Gasteiger partial charge in [-0.1, -0.05) is 29.8 Å². The number of imidazole rings is 1. The molecule has 4 nitrogen and oxygen atoms in total. The Morgan fingerprint density at radius 2 is 1.88 bits per heavy atom. The fraction of sp³-hybridized carbons (Fsp3) is 0.200. The Morgan fingerprint density at radius 3 is 2.52 bits per heavy atom. The minimum atomic E-state index is -0.132. The minimum Gasteiger partial charge on any atom is -0.351 e. The van der Waals surface area contributed by atoms with Crippen molar-refractivity contribution in [1.82, 2.24) is 14.9 Å². The lowest BCUT2D eigenvalue weighted by atomic mass is 10.2. The smallest absolute Gasteiger partial charge is 0.233 e. The molecule has 128 valence electrons. The summed E-state index contributed by atoms with van der Waals surface area (Å²) in [4.78, 5) is 17.4. The normalized spacial score (nSPS) is 11.9. The summed E-state index contributed by atoms with van der Waals surface area (Å²) >= 11 is 1.57. The number of nitrogens with one attached hydrogen (secondary N) is 1. The van der Waals surface area contributed by atoms with Crippen molar-refractivity contribution in [2.45, 2.75) is 30.5 Å². The van der Waals surface area contributed by atoms with Gasteiger partial charge in [-0.2, -0.15) is 0 Å². The Hall–Kier alpha value is -2.53. The Balaban J connectivity index is 1.52. The third-order valence-electron chi connectivity index (χ3n) is 3.91. The van der Waals surface area contributed by atoms with Crippen molar-refractivity contribution in [2.75, 3.05) is 0 Å². The molecule has 0 saturated carbocycles. The van der Waals surface area contributed by atoms with Gasteiger partial charge in [0, 0.05) is 29.5 Å². The molecule has 0 fully saturated rings. The summed E-state index contributed by atoms with van der Waals surface area (Å²) in [6, 6.07) is 16.3. The van der Waals surface area contributed by atoms with Crippen LogP contribution in [-0.4, -0.2) is 20.7 Å². The largest absolute Gasteiger partial charge is 0.351 e. The van der Waals surface area contributed by atoms with Gasteiger partial charge in [-0.15, -0.1) is 11.8 Å². The first kappa shape index (κ1) is 17.3. The van der Waals surface area contributed by atoms with Crippen molar-refractivity contribution in [3.8, 4) is 5.69 Å². The Kier molecular flexibility index (Phi) is 5.56. The van der Waals surface area contributed by atoms with Crippen molar-refractivity contribution >= 4 is 17.7 Å². The monoisotopic (exact) mass is 351 g/mol. The topological polar surface area (TPSA) is 46.9 Å². The summed E-state index contributed by atoms with van der Waals surface area (Å²) in [5.41, 5.74) is 3.35. The predicted molar refractivity (Wildman–Crippen MR) is 102 cm³/mol. The van der Waals surface area contributed by atoms with Crippen LogP contribution in [0.4, 0.5) is 0 Å². The number of hydrogen-bond acceptors (Lipinski definition) is 3. The highest BCUT2D eigenvalue weighted by molar-refractivity contribution is 8.00. The molecule has 1 atom stereocenters. The number of thioether (sulfide) groups is 1. The van der Waals surface area contributed by atoms with Crippen LogP contribution in [0.5, 0.6) is 0 Å². The Bertz CT molecular complexity index is 811. The van der Waals surface area contributed by atoms with Crippen molar-refractivity contribution in [3.05, 3.63) is 78.4 Å². The summed E-state index contributed by atoms with van der Waals surface area (Å²) in [5.74, 6) is 0.0456. The summed E-state index contributed by atoms with van der Waals surface area (Å²) in [5, 5.41) is 2.87. The average Bonchev–Trinajstić information content (AvgIpc) is 3.16. The zero-order valence-electron chi connectivity index (χ0n) is 14.3. The van der Waals surface area contributed by atoms with Gasteiger partial charge in [0.15, 0.2) is 0 Å². The molecule has 1 amide bonds. The molecule has 0 aliphatic heterocycles. The molecular weight excluding hydrogens is 330 g/mol. The van der Waals surface area contributed by atoms with E-state index in [2.05, 4.69) is 41.5 Å². The quantitative estimate of drug-likeness (QED) is 0.684. The summed E-state index contributed by atoms with van der Waals surface area (Å²) in [7, 11) is 0. The average molecular weight is 351 g/mol. The number of benzene rings is 2. The van der Waals surface area contributed by atoms with Gasteiger partial charge in [0.1, 0.15) is 0 Å². The number of aromatic nitrogens is 2. The van der Waals surface area contributed by atoms with Gasteiger partial charge in [-0.3, -0.25) is 4.79 Å². The van der Waals surface area contributed by atoms with Gasteiger partial charge in [0.25, 0.3) is 0 Å². The predicted octanol–water partition coefficient (Wildman–Crippen LogP) is 3.98. The van der Waals surface area contributed by atoms with Gasteiger partial charge < -0.3 is 9.88 Å². The molecule has 3 aromatic rings. The molecule has 1 N–H and O–H groups in total. The maximum atomic E-state index is 12.3. The van der Waals surface area contributed by atoms with Crippen LogP contribution in [0.2, 0.25) is 0 Å². The van der Waals surface area contributed by atoms with E-state index in [0.29, 0.717) is 6.54 Å². The summed E-state index contributed by atoms with van der Waals surface area (Å²) < 4.78 is 1.95. The molecule has 0 radical (unpaired) electrons. The van der Waals surface area contributed by atoms with Crippen LogP contribution in [0.25, 0.3) is 5.69 Å². The number of carbonyl (C=O) groups excluding carboxylic acids is 1. The van der Waals surface area contributed by atoms with Crippen LogP contribution in [0, 0.1) is 6.92 Å². The minimum absolute atomic E-state index is 0.0456. The van der Waals surface area contributed by atoms with Crippen LogP contribution in [0.3, 0.4) is 0 Å². The van der Waals surface area contributed by atoms with Gasteiger partial charge >= 0.3 is 0 Å². The fourth-order valence-electron chi connectivity index (χ4n) is 2.41. The number of nitrogens with zero attached hydrogens (tertiary/aromatic N) is 2. The molecule has 0 bridgehead atoms. The Labute approximate surface area is 152 Å². The summed E-state index contributed by atoms with van der Waals surface area (Å²) in [6.45, 7) is 4.52. The van der Waals surface area contributed by atoms with E-state index in [1.165, 1.54) is 5.56 Å². The zero-order chi connectivity index (χ0) is 17.6. The second-order valence-electron chi connectivity index (χ2n) is 5.93. The van der Waals surface area contributed by atoms with Crippen molar-refractivity contribution < 1.29 is 4.79 Å². The third kappa shape index (κ3) is 4.73. The molecule has 25 heavy (non-hydrogen) atoms. The molecule has 5 heteroatoms. The highest BCUT2D eigenvalue weighted by Gasteiger charge is 2.13. The van der Waals surface area contributed by atoms with E-state index in [9.17, 15) is 4.79 Å². The van der Waals surface area contributed by atoms with Crippen LogP contribution >= 0.6 is 11.8 Å². The molecule has 1 aromatic heterocycles. The second kappa shape index (κ2) is 8.03. The number of aryl methyl sites for hydroxylation is 1. The van der Waals surface area contributed by atoms with Gasteiger partial charge in [0.2, 0.25) is 5.91 Å². The lowest BCUT2D eigenvalue weighted by molar-refractivity contribution is -0.120. The van der Waals surface area contributed by atoms with E-state index < -0.39 is 0 Å². The van der Waals surface area contributed by atoms with Gasteiger partial charge in [-0.05, 0) is 43.7 Å². The highest BCUT2D eigenvalue weighted by atomic mass is 32.2. The first-order valence-corrected chi connectivity index (χ1v) is 9.08. The number of rotatable bonds is 6. The van der Waals surface area contributed by atoms with E-state index in [1.54, 1.807) is 24.3 Å². The molecule has 1 heterocycles. The number of hydrogen-bond donors (Lipinski definition) is 1. The first-order chi connectivity index (χ1) is 12.1. The lowest BCUT2D eigenvalue weighted by Gasteiger charge is -2.12. The van der Waals surface area contributed by atoms with Gasteiger partial charge in [-0.25, -0.2) is 4.98 Å². The van der Waals surface area contributed by atoms with Crippen molar-refractivity contribution in [3.63, 3.8) is 0 Å². The first-order valence-electron chi connectivity index (χ1n) is 8.20. The SMILES string of the molecule is Cc1ccc(S[C@@H](C)C(=O)NCc2ccc(-n3ccnc3)cc2)cc1. The van der Waals surface area contributed by atoms with E-state index in [0.717, 1.165) is 16.1 Å². The van der Waals surface area contributed by atoms with Crippen LogP contribution in [-0.2, 0) is 11.3 Å². The third-order valence-corrected chi connectivity index (χ3v) is 5.02. The fourth-order valence-corrected chi connectivity index (χ4v) is 3.30. The molecule has 0 aliphatic rings. The zero-order valence-corrected chi connectivity index (χ0v) is 15.2. The lowest BCUT2D eigenvalue weighted by Crippen LogP contribution is -2.30. The van der Waals surface area contributed by atoms with Crippen molar-refractivity contribution in [2.24, 2.45) is 0 Å². The van der Waals surface area contributed by atoms with Crippen LogP contribution in [0.1, 0.15) is 18.1 Å². The van der Waals surface area contributed by atoms with E-state index >= 15 is 0 Å². The van der Waals surface area contributed by atoms with Crippen LogP contribution in [0.15, 0.2) is 72.1 Å². The second-order valence-corrected chi connectivity index (χ2v) is 7.34. The highest BCUT2D eigenvalue weighted by Crippen LogP contribution is 2.23. The van der Waals surface area contributed by atoms with E-state index in [1.807, 2.05) is 42.0 Å². The number of amides is 1. The molecule has 2 aromatic carbocycles. The maximum Gasteiger partial charge on any atom is 0.233 e. The molecule has 3 rings (SSSR count). The molecule has 0 spiro atoms. The molecule has 0 unspecified atom stereocenters. The van der Waals surface area contributed by atoms with E-state index in [-0.39, 0.29) is 11.2 Å². The molecule has 0 saturated heterocycles. The molecular formula is C20H21N3OS. The Morgan fingerprint density at radius 1 is 1.16 bits per heavy atom. The summed E-state index contributed by atoms with van der Waals surface area (Å²) in [6.07, 6.45) is 5.42. The standard InChI is InChI=1S/C20H21N3OS/c1-15-3-9-19(10-4-15)25-16(2)20(24)22-13-17-5-7-18(8-6-17)23-12-11-21-14-23/h3-12,14,16H,13H2,1-2H3,(H,22,24)/t16-/m0/s1. The van der Waals surface area contributed by atoms with Crippen molar-refractivity contribution in [1.29, 1.82) is 0 Å². The van der Waals surface area contributed by atoms with Gasteiger partial charge in [0.05, 0.1) is 11.6 Å². The number of carbonyl (C=O) groups is 1. The van der Waals surface area contributed by atoms with E-state index in [4.69, 9.17) is 0 Å².